The van der Waals surface area contributed by atoms with Crippen molar-refractivity contribution in [3.8, 4) is 0 Å². The predicted octanol–water partition coefficient (Wildman–Crippen LogP) is 3.77. The highest BCUT2D eigenvalue weighted by molar-refractivity contribution is 7.89. The van der Waals surface area contributed by atoms with E-state index in [1.165, 1.54) is 59.4 Å². The number of nitrogens with zero attached hydrogens (tertiary/aromatic N) is 1. The topological polar surface area (TPSA) is 90.0 Å². The van der Waals surface area contributed by atoms with Gasteiger partial charge in [0.15, 0.2) is 0 Å². The fourth-order valence-electron chi connectivity index (χ4n) is 2.75. The molecule has 3 rings (SSSR count). The van der Waals surface area contributed by atoms with Crippen molar-refractivity contribution in [1.82, 2.24) is 4.31 Å². The van der Waals surface area contributed by atoms with Gasteiger partial charge in [0.05, 0.1) is 30.2 Å². The minimum Gasteiger partial charge on any atom is -0.465 e. The lowest BCUT2D eigenvalue weighted by atomic mass is 10.1. The summed E-state index contributed by atoms with van der Waals surface area (Å²) in [6.45, 7) is 0.321. The number of carbonyl (C=O) groups excluding carboxylic acids is 2. The lowest BCUT2D eigenvalue weighted by Crippen LogP contribution is -2.30. The third-order valence-corrected chi connectivity index (χ3v) is 7.70. The van der Waals surface area contributed by atoms with Gasteiger partial charge in [-0.3, -0.25) is 0 Å². The number of esters is 2. The van der Waals surface area contributed by atoms with Crippen LogP contribution in [0.15, 0.2) is 58.1 Å². The van der Waals surface area contributed by atoms with Crippen molar-refractivity contribution < 1.29 is 27.5 Å². The van der Waals surface area contributed by atoms with Crippen LogP contribution in [0.3, 0.4) is 0 Å². The Morgan fingerprint density at radius 2 is 1.33 bits per heavy atom. The Morgan fingerprint density at radius 3 is 1.70 bits per heavy atom. The summed E-state index contributed by atoms with van der Waals surface area (Å²) in [5.74, 6) is -1.50. The van der Waals surface area contributed by atoms with Gasteiger partial charge in [0.1, 0.15) is 0 Å². The van der Waals surface area contributed by atoms with Crippen LogP contribution in [-0.4, -0.2) is 38.9 Å². The number of rotatable bonds is 8. The van der Waals surface area contributed by atoms with Gasteiger partial charge >= 0.3 is 11.9 Å². The molecule has 0 fully saturated rings. The van der Waals surface area contributed by atoms with Crippen LogP contribution >= 0.6 is 22.7 Å². The van der Waals surface area contributed by atoms with Crippen LogP contribution in [0.1, 0.15) is 30.5 Å². The summed E-state index contributed by atoms with van der Waals surface area (Å²) < 4.78 is 37.8. The van der Waals surface area contributed by atoms with E-state index < -0.39 is 22.0 Å². The van der Waals surface area contributed by atoms with E-state index in [0.29, 0.717) is 0 Å². The summed E-state index contributed by atoms with van der Waals surface area (Å²) in [5.41, 5.74) is -0.0997. The number of thiophene rings is 2. The molecule has 0 amide bonds. The molecule has 7 nitrogen and oxygen atoms in total. The second kappa shape index (κ2) is 9.52. The van der Waals surface area contributed by atoms with Gasteiger partial charge in [-0.2, -0.15) is 4.31 Å². The van der Waals surface area contributed by atoms with Crippen LogP contribution in [-0.2, 0) is 32.6 Å². The maximum Gasteiger partial charge on any atom is 0.337 e. The zero-order chi connectivity index (χ0) is 21.7. The molecule has 0 atom stereocenters. The number of hydrogen-bond donors (Lipinski definition) is 0. The van der Waals surface area contributed by atoms with E-state index in [0.717, 1.165) is 9.75 Å². The number of carbonyl (C=O) groups is 2. The van der Waals surface area contributed by atoms with Crippen LogP contribution in [0, 0.1) is 0 Å². The van der Waals surface area contributed by atoms with E-state index in [1.807, 2.05) is 35.0 Å². The first-order valence-electron chi connectivity index (χ1n) is 8.71. The molecule has 10 heteroatoms. The highest BCUT2D eigenvalue weighted by Crippen LogP contribution is 2.26. The van der Waals surface area contributed by atoms with Crippen molar-refractivity contribution in [3.05, 3.63) is 74.1 Å². The molecular weight excluding hydrogens is 446 g/mol. The highest BCUT2D eigenvalue weighted by atomic mass is 32.2. The number of sulfonamides is 1. The Kier molecular flexibility index (Phi) is 7.03. The summed E-state index contributed by atoms with van der Waals surface area (Å²) in [5, 5.41) is 3.75. The fraction of sp³-hybridized carbons (Fsp3) is 0.200. The molecule has 30 heavy (non-hydrogen) atoms. The smallest absolute Gasteiger partial charge is 0.337 e. The molecule has 0 aliphatic carbocycles. The normalized spacial score (nSPS) is 11.4. The maximum absolute atomic E-state index is 13.5. The predicted molar refractivity (Wildman–Crippen MR) is 114 cm³/mol. The number of hydrogen-bond acceptors (Lipinski definition) is 8. The van der Waals surface area contributed by atoms with E-state index in [2.05, 4.69) is 0 Å². The number of benzene rings is 1. The molecule has 158 valence electrons. The quantitative estimate of drug-likeness (QED) is 0.471. The van der Waals surface area contributed by atoms with Gasteiger partial charge in [0.2, 0.25) is 10.0 Å². The summed E-state index contributed by atoms with van der Waals surface area (Å²) >= 11 is 2.90. The summed E-state index contributed by atoms with van der Waals surface area (Å²) in [6.07, 6.45) is 0. The molecular formula is C20H19NO6S3. The molecule has 0 bridgehead atoms. The van der Waals surface area contributed by atoms with E-state index in [-0.39, 0.29) is 29.1 Å². The van der Waals surface area contributed by atoms with Gasteiger partial charge < -0.3 is 9.47 Å². The van der Waals surface area contributed by atoms with Crippen LogP contribution in [0.5, 0.6) is 0 Å². The lowest BCUT2D eigenvalue weighted by molar-refractivity contribution is 0.0598. The van der Waals surface area contributed by atoms with E-state index in [9.17, 15) is 18.0 Å². The second-order valence-corrected chi connectivity index (χ2v) is 10.2. The van der Waals surface area contributed by atoms with Crippen LogP contribution < -0.4 is 0 Å². The molecule has 0 aliphatic rings. The Balaban J connectivity index is 2.08. The van der Waals surface area contributed by atoms with Crippen LogP contribution in [0.4, 0.5) is 0 Å². The van der Waals surface area contributed by atoms with Crippen LogP contribution in [0.25, 0.3) is 0 Å². The largest absolute Gasteiger partial charge is 0.465 e. The Morgan fingerprint density at radius 1 is 0.867 bits per heavy atom. The van der Waals surface area contributed by atoms with Gasteiger partial charge in [-0.15, -0.1) is 22.7 Å². The molecule has 0 spiro atoms. The van der Waals surface area contributed by atoms with Crippen molar-refractivity contribution in [1.29, 1.82) is 0 Å². The zero-order valence-corrected chi connectivity index (χ0v) is 18.7. The van der Waals surface area contributed by atoms with Crippen molar-refractivity contribution >= 4 is 44.6 Å². The summed E-state index contributed by atoms with van der Waals surface area (Å²) in [7, 11) is -1.69. The van der Waals surface area contributed by atoms with Gasteiger partial charge in [-0.25, -0.2) is 18.0 Å². The SMILES string of the molecule is COC(=O)c1cc(C(=O)OC)cc(S(=O)(=O)N(Cc2cccs2)Cc2cccs2)c1. The third-order valence-electron chi connectivity index (χ3n) is 4.21. The van der Waals surface area contributed by atoms with Crippen molar-refractivity contribution in [2.24, 2.45) is 0 Å². The van der Waals surface area contributed by atoms with Crippen molar-refractivity contribution in [2.45, 2.75) is 18.0 Å². The average Bonchev–Trinajstić information content (AvgIpc) is 3.46. The first-order chi connectivity index (χ1) is 14.3. The molecule has 3 aromatic rings. The first kappa shape index (κ1) is 22.2. The average molecular weight is 466 g/mol. The highest BCUT2D eigenvalue weighted by Gasteiger charge is 2.28. The van der Waals surface area contributed by atoms with Gasteiger partial charge in [0.25, 0.3) is 0 Å². The summed E-state index contributed by atoms with van der Waals surface area (Å²) in [6, 6.07) is 11.1. The molecule has 2 aromatic heterocycles. The second-order valence-electron chi connectivity index (χ2n) is 6.16. The van der Waals surface area contributed by atoms with Crippen LogP contribution in [0.2, 0.25) is 0 Å². The first-order valence-corrected chi connectivity index (χ1v) is 11.9. The fourth-order valence-corrected chi connectivity index (χ4v) is 5.82. The maximum atomic E-state index is 13.5. The Labute approximate surface area is 182 Å². The molecule has 2 heterocycles. The summed E-state index contributed by atoms with van der Waals surface area (Å²) in [4.78, 5) is 25.7. The molecule has 0 saturated carbocycles. The Bertz CT molecular complexity index is 1050. The number of methoxy groups -OCH3 is 2. The molecule has 0 radical (unpaired) electrons. The van der Waals surface area contributed by atoms with E-state index >= 15 is 0 Å². The Hall–Kier alpha value is -2.53. The third kappa shape index (κ3) is 4.96. The molecule has 0 saturated heterocycles. The standard InChI is InChI=1S/C20H19NO6S3/c1-26-19(22)14-9-15(20(23)27-2)11-18(10-14)30(24,25)21(12-16-5-3-7-28-16)13-17-6-4-8-29-17/h3-11H,12-13H2,1-2H3. The van der Waals surface area contributed by atoms with E-state index in [4.69, 9.17) is 9.47 Å². The zero-order valence-electron chi connectivity index (χ0n) is 16.2. The minimum atomic E-state index is -4.05. The van der Waals surface area contributed by atoms with E-state index in [1.54, 1.807) is 0 Å². The molecule has 0 N–H and O–H groups in total. The molecule has 1 aromatic carbocycles. The monoisotopic (exact) mass is 465 g/mol. The van der Waals surface area contributed by atoms with Crippen molar-refractivity contribution in [3.63, 3.8) is 0 Å². The van der Waals surface area contributed by atoms with Gasteiger partial charge in [0, 0.05) is 22.8 Å². The lowest BCUT2D eigenvalue weighted by Gasteiger charge is -2.22. The van der Waals surface area contributed by atoms with Crippen molar-refractivity contribution in [2.75, 3.05) is 14.2 Å². The van der Waals surface area contributed by atoms with Gasteiger partial charge in [-0.05, 0) is 41.1 Å². The number of ether oxygens (including phenoxy) is 2. The molecule has 0 aliphatic heterocycles. The van der Waals surface area contributed by atoms with Gasteiger partial charge in [-0.1, -0.05) is 12.1 Å². The minimum absolute atomic E-state index is 0.0498. The molecule has 0 unspecified atom stereocenters.